The number of rotatable bonds is 14. The molecule has 2 aromatic carbocycles. The highest BCUT2D eigenvalue weighted by Crippen LogP contribution is 2.39. The van der Waals surface area contributed by atoms with Crippen LogP contribution in [-0.2, 0) is 11.2 Å². The van der Waals surface area contributed by atoms with E-state index in [0.29, 0.717) is 35.1 Å². The average Bonchev–Trinajstić information content (AvgIpc) is 2.79. The predicted octanol–water partition coefficient (Wildman–Crippen LogP) is 5.98. The highest BCUT2D eigenvalue weighted by atomic mass is 35.5. The lowest BCUT2D eigenvalue weighted by atomic mass is 10.1. The molecule has 2 rings (SSSR count). The molecule has 0 saturated carbocycles. The van der Waals surface area contributed by atoms with E-state index in [2.05, 4.69) is 23.6 Å². The molecule has 0 aliphatic heterocycles. The maximum atomic E-state index is 15.0. The monoisotopic (exact) mass is 522 g/mol. The number of carbonyl (C=O) groups is 1. The number of halogens is 2. The molecule has 0 spiro atoms. The Morgan fingerprint density at radius 2 is 2.09 bits per heavy atom. The summed E-state index contributed by atoms with van der Waals surface area (Å²) in [5, 5.41) is 5.04. The van der Waals surface area contributed by atoms with Crippen LogP contribution in [0.2, 0.25) is 5.02 Å². The number of thioether (sulfide) groups is 1. The lowest BCUT2D eigenvalue weighted by molar-refractivity contribution is -0.117. The van der Waals surface area contributed by atoms with Gasteiger partial charge in [-0.15, -0.1) is 11.8 Å². The Kier molecular flexibility index (Phi) is 11.5. The maximum Gasteiger partial charge on any atom is 0.231 e. The molecule has 10 heteroatoms. The minimum absolute atomic E-state index is 0.137. The molecule has 0 radical (unpaired) electrons. The second kappa shape index (κ2) is 14.1. The van der Waals surface area contributed by atoms with Crippen molar-refractivity contribution in [2.45, 2.75) is 24.7 Å². The molecule has 0 fully saturated rings. The number of carbonyl (C=O) groups excluding carboxylic acids is 1. The highest BCUT2D eigenvalue weighted by molar-refractivity contribution is 8.01. The van der Waals surface area contributed by atoms with Gasteiger partial charge in [0.25, 0.3) is 0 Å². The van der Waals surface area contributed by atoms with Crippen molar-refractivity contribution < 1.29 is 13.9 Å². The third kappa shape index (κ3) is 8.39. The quantitative estimate of drug-likeness (QED) is 0.180. The fourth-order valence-electron chi connectivity index (χ4n) is 2.88. The third-order valence-electron chi connectivity index (χ3n) is 4.41. The molecule has 0 bridgehead atoms. The van der Waals surface area contributed by atoms with Gasteiger partial charge in [-0.1, -0.05) is 36.4 Å². The largest absolute Gasteiger partial charge is 0.455 e. The molecule has 0 aliphatic carbocycles. The summed E-state index contributed by atoms with van der Waals surface area (Å²) in [5.74, 6) is 0.456. The fraction of sp³-hybridized carbons (Fsp3) is 0.250. The third-order valence-corrected chi connectivity index (χ3v) is 6.34. The number of para-hydroxylation sites is 1. The van der Waals surface area contributed by atoms with E-state index in [-0.39, 0.29) is 17.3 Å². The molecule has 0 aromatic heterocycles. The van der Waals surface area contributed by atoms with E-state index in [9.17, 15) is 4.79 Å². The van der Waals surface area contributed by atoms with Crippen molar-refractivity contribution in [1.82, 2.24) is 9.62 Å². The lowest BCUT2D eigenvalue weighted by Gasteiger charge is -2.23. The summed E-state index contributed by atoms with van der Waals surface area (Å²) in [6.07, 6.45) is 3.36. The number of hydrogen-bond acceptors (Lipinski definition) is 7. The fourth-order valence-corrected chi connectivity index (χ4v) is 4.47. The van der Waals surface area contributed by atoms with E-state index in [1.54, 1.807) is 22.7 Å². The Balaban J connectivity index is 2.18. The zero-order valence-corrected chi connectivity index (χ0v) is 21.5. The van der Waals surface area contributed by atoms with Gasteiger partial charge in [-0.25, -0.2) is 9.38 Å². The Labute approximate surface area is 213 Å². The number of aliphatic imine (C=N–C) groups is 1. The van der Waals surface area contributed by atoms with Crippen LogP contribution in [-0.4, -0.2) is 36.3 Å². The molecule has 1 amide bonds. The lowest BCUT2D eigenvalue weighted by Crippen LogP contribution is -2.29. The van der Waals surface area contributed by atoms with Crippen LogP contribution in [0.1, 0.15) is 18.9 Å². The van der Waals surface area contributed by atoms with E-state index >= 15 is 4.39 Å². The highest BCUT2D eigenvalue weighted by Gasteiger charge is 2.18. The zero-order valence-electron chi connectivity index (χ0n) is 19.1. The minimum Gasteiger partial charge on any atom is -0.455 e. The van der Waals surface area contributed by atoms with Crippen molar-refractivity contribution >= 4 is 47.9 Å². The molecule has 0 atom stereocenters. The van der Waals surface area contributed by atoms with Gasteiger partial charge in [0.05, 0.1) is 16.5 Å². The van der Waals surface area contributed by atoms with Gasteiger partial charge in [0, 0.05) is 17.2 Å². The first-order valence-electron chi connectivity index (χ1n) is 10.3. The summed E-state index contributed by atoms with van der Waals surface area (Å²) in [6.45, 7) is 10.1. The standard InChI is InChI=1S/C24H28ClFN4O2S2/c1-16(2)30(24(28-3)15-33-4)34-22-12-18(25)21(13-19(22)26)32-20-10-6-5-8-17(20)9-7-11-29-14-23(27)31/h5-6,8,10,12-13,15,29H,1,3,7,9,11,14H2,2,4H3,(H2,27,31)/b24-15+. The summed E-state index contributed by atoms with van der Waals surface area (Å²) in [7, 11) is 0. The van der Waals surface area contributed by atoms with Gasteiger partial charge in [-0.3, -0.25) is 9.10 Å². The van der Waals surface area contributed by atoms with Crippen LogP contribution < -0.4 is 15.8 Å². The zero-order chi connectivity index (χ0) is 25.1. The molecule has 34 heavy (non-hydrogen) atoms. The number of nitrogens with two attached hydrogens (primary N) is 1. The molecular weight excluding hydrogens is 495 g/mol. The van der Waals surface area contributed by atoms with Gasteiger partial charge in [0.15, 0.2) is 0 Å². The predicted molar refractivity (Wildman–Crippen MR) is 142 cm³/mol. The summed E-state index contributed by atoms with van der Waals surface area (Å²) >= 11 is 9.03. The maximum absolute atomic E-state index is 15.0. The van der Waals surface area contributed by atoms with E-state index in [1.807, 2.05) is 24.5 Å². The molecule has 0 aliphatic rings. The van der Waals surface area contributed by atoms with E-state index in [1.165, 1.54) is 23.9 Å². The van der Waals surface area contributed by atoms with Crippen molar-refractivity contribution in [3.05, 3.63) is 76.3 Å². The Bertz CT molecular complexity index is 1070. The smallest absolute Gasteiger partial charge is 0.231 e. The normalized spacial score (nSPS) is 11.2. The van der Waals surface area contributed by atoms with Crippen LogP contribution in [0.3, 0.4) is 0 Å². The first kappa shape index (κ1) is 27.8. The number of benzene rings is 2. The minimum atomic E-state index is -0.489. The average molecular weight is 523 g/mol. The van der Waals surface area contributed by atoms with Gasteiger partial charge in [0.2, 0.25) is 5.91 Å². The van der Waals surface area contributed by atoms with Crippen molar-refractivity contribution in [1.29, 1.82) is 0 Å². The first-order valence-corrected chi connectivity index (χ1v) is 12.8. The molecule has 182 valence electrons. The van der Waals surface area contributed by atoms with Crippen molar-refractivity contribution in [2.24, 2.45) is 10.7 Å². The van der Waals surface area contributed by atoms with Gasteiger partial charge in [0.1, 0.15) is 23.1 Å². The summed E-state index contributed by atoms with van der Waals surface area (Å²) < 4.78 is 22.7. The van der Waals surface area contributed by atoms with Crippen LogP contribution in [0.4, 0.5) is 4.39 Å². The van der Waals surface area contributed by atoms with Gasteiger partial charge in [-0.05, 0) is 68.9 Å². The SMILES string of the molecule is C=N/C(=C\SC)N(Sc1cc(Cl)c(Oc2ccccc2CCCNCC(N)=O)cc1F)C(=C)C. The number of primary amides is 1. The Hall–Kier alpha value is -2.46. The van der Waals surface area contributed by atoms with Crippen molar-refractivity contribution in [2.75, 3.05) is 19.3 Å². The van der Waals surface area contributed by atoms with E-state index in [4.69, 9.17) is 22.1 Å². The summed E-state index contributed by atoms with van der Waals surface area (Å²) in [5.41, 5.74) is 6.73. The van der Waals surface area contributed by atoms with Crippen molar-refractivity contribution in [3.63, 3.8) is 0 Å². The molecule has 0 unspecified atom stereocenters. The first-order chi connectivity index (χ1) is 16.3. The number of allylic oxidation sites excluding steroid dienone is 1. The topological polar surface area (TPSA) is 79.9 Å². The number of aryl methyl sites for hydroxylation is 1. The molecular formula is C24H28ClFN4O2S2. The second-order valence-electron chi connectivity index (χ2n) is 7.16. The molecule has 0 heterocycles. The molecule has 3 N–H and O–H groups in total. The number of nitrogens with one attached hydrogen (secondary N) is 1. The van der Waals surface area contributed by atoms with E-state index in [0.717, 1.165) is 23.9 Å². The van der Waals surface area contributed by atoms with Gasteiger partial charge < -0.3 is 15.8 Å². The second-order valence-corrected chi connectivity index (χ2v) is 9.26. The van der Waals surface area contributed by atoms with Crippen LogP contribution >= 0.6 is 35.3 Å². The van der Waals surface area contributed by atoms with Crippen LogP contribution in [0, 0.1) is 5.82 Å². The summed E-state index contributed by atoms with van der Waals surface area (Å²) in [6, 6.07) is 10.3. The van der Waals surface area contributed by atoms with E-state index < -0.39 is 11.7 Å². The van der Waals surface area contributed by atoms with Crippen molar-refractivity contribution in [3.8, 4) is 11.5 Å². The number of nitrogens with zero attached hydrogens (tertiary/aromatic N) is 2. The van der Waals surface area contributed by atoms with Crippen LogP contribution in [0.15, 0.2) is 69.8 Å². The molecule has 0 saturated heterocycles. The Morgan fingerprint density at radius 3 is 2.74 bits per heavy atom. The molecule has 2 aromatic rings. The van der Waals surface area contributed by atoms with Gasteiger partial charge in [-0.2, -0.15) is 0 Å². The van der Waals surface area contributed by atoms with Gasteiger partial charge >= 0.3 is 0 Å². The summed E-state index contributed by atoms with van der Waals surface area (Å²) in [4.78, 5) is 15.1. The Morgan fingerprint density at radius 1 is 1.35 bits per heavy atom. The molecule has 6 nitrogen and oxygen atoms in total. The van der Waals surface area contributed by atoms with Crippen LogP contribution in [0.25, 0.3) is 0 Å². The number of ether oxygens (including phenoxy) is 1. The number of hydrogen-bond donors (Lipinski definition) is 2. The van der Waals surface area contributed by atoms with Crippen LogP contribution in [0.5, 0.6) is 11.5 Å². The number of amides is 1.